The van der Waals surface area contributed by atoms with Crippen molar-refractivity contribution in [2.75, 3.05) is 23.7 Å². The van der Waals surface area contributed by atoms with Gasteiger partial charge in [-0.2, -0.15) is 0 Å². The third-order valence-corrected chi connectivity index (χ3v) is 7.03. The molecule has 1 N–H and O–H groups in total. The van der Waals surface area contributed by atoms with Gasteiger partial charge in [0.2, 0.25) is 21.8 Å². The second-order valence-electron chi connectivity index (χ2n) is 8.74. The number of carbonyl (C=O) groups excluding carboxylic acids is 2. The number of nitrogens with one attached hydrogen (secondary N) is 1. The van der Waals surface area contributed by atoms with E-state index in [1.807, 2.05) is 68.4 Å². The molecule has 0 aliphatic heterocycles. The van der Waals surface area contributed by atoms with Crippen LogP contribution in [0.3, 0.4) is 0 Å². The third kappa shape index (κ3) is 6.60. The van der Waals surface area contributed by atoms with Crippen LogP contribution in [0.15, 0.2) is 66.7 Å². The van der Waals surface area contributed by atoms with Crippen molar-refractivity contribution >= 4 is 38.3 Å². The molecule has 1 atom stereocenters. The Hall–Kier alpha value is -3.39. The van der Waals surface area contributed by atoms with Gasteiger partial charge >= 0.3 is 0 Å². The van der Waals surface area contributed by atoms with Crippen LogP contribution in [0.25, 0.3) is 10.8 Å². The summed E-state index contributed by atoms with van der Waals surface area (Å²) in [5.74, 6) is -0.730. The number of carbonyl (C=O) groups is 2. The molecular formula is C27H33N3O4S. The minimum Gasteiger partial charge on any atom is -0.354 e. The molecule has 3 aromatic carbocycles. The van der Waals surface area contributed by atoms with Crippen molar-refractivity contribution in [1.29, 1.82) is 0 Å². The molecule has 0 aliphatic rings. The molecule has 0 heterocycles. The molecule has 0 aromatic heterocycles. The van der Waals surface area contributed by atoms with Crippen molar-refractivity contribution < 1.29 is 18.0 Å². The Morgan fingerprint density at radius 3 is 2.29 bits per heavy atom. The molecule has 7 nitrogen and oxygen atoms in total. The quantitative estimate of drug-likeness (QED) is 0.463. The van der Waals surface area contributed by atoms with E-state index in [0.29, 0.717) is 12.2 Å². The first-order valence-electron chi connectivity index (χ1n) is 11.7. The fraction of sp³-hybridized carbons (Fsp3) is 0.333. The topological polar surface area (TPSA) is 86.8 Å². The Balaban J connectivity index is 1.97. The lowest BCUT2D eigenvalue weighted by Crippen LogP contribution is -2.51. The average molecular weight is 496 g/mol. The number of aryl methyl sites for hydroxylation is 1. The van der Waals surface area contributed by atoms with Gasteiger partial charge < -0.3 is 10.2 Å². The van der Waals surface area contributed by atoms with E-state index >= 15 is 0 Å². The predicted molar refractivity (Wildman–Crippen MR) is 141 cm³/mol. The maximum absolute atomic E-state index is 13.6. The summed E-state index contributed by atoms with van der Waals surface area (Å²) in [5.41, 5.74) is 2.37. The second-order valence-corrected chi connectivity index (χ2v) is 10.6. The molecule has 0 saturated carbocycles. The minimum atomic E-state index is -3.79. The number of nitrogens with zero attached hydrogens (tertiary/aromatic N) is 2. The minimum absolute atomic E-state index is 0.187. The first kappa shape index (κ1) is 26.2. The van der Waals surface area contributed by atoms with Gasteiger partial charge in [-0.15, -0.1) is 0 Å². The number of sulfonamides is 1. The van der Waals surface area contributed by atoms with Crippen molar-refractivity contribution in [3.8, 4) is 0 Å². The smallest absolute Gasteiger partial charge is 0.244 e. The van der Waals surface area contributed by atoms with Crippen LogP contribution in [0.1, 0.15) is 31.4 Å². The van der Waals surface area contributed by atoms with Crippen LogP contribution < -0.4 is 9.62 Å². The van der Waals surface area contributed by atoms with E-state index in [-0.39, 0.29) is 12.5 Å². The highest BCUT2D eigenvalue weighted by Gasteiger charge is 2.30. The summed E-state index contributed by atoms with van der Waals surface area (Å²) in [6.45, 7) is 5.87. The van der Waals surface area contributed by atoms with Crippen LogP contribution in [0.4, 0.5) is 5.69 Å². The average Bonchev–Trinajstić information content (AvgIpc) is 2.84. The summed E-state index contributed by atoms with van der Waals surface area (Å²) in [7, 11) is -3.79. The Labute approximate surface area is 207 Å². The Morgan fingerprint density at radius 1 is 0.971 bits per heavy atom. The molecule has 0 radical (unpaired) electrons. The summed E-state index contributed by atoms with van der Waals surface area (Å²) in [4.78, 5) is 27.9. The summed E-state index contributed by atoms with van der Waals surface area (Å²) in [5, 5.41) is 4.44. The van der Waals surface area contributed by atoms with Gasteiger partial charge in [-0.25, -0.2) is 8.42 Å². The number of rotatable bonds is 10. The van der Waals surface area contributed by atoms with Gasteiger partial charge in [0.25, 0.3) is 0 Å². The van der Waals surface area contributed by atoms with E-state index < -0.39 is 28.5 Å². The molecule has 35 heavy (non-hydrogen) atoms. The molecule has 186 valence electrons. The largest absolute Gasteiger partial charge is 0.354 e. The lowest BCUT2D eigenvalue weighted by atomic mass is 10.1. The highest BCUT2D eigenvalue weighted by atomic mass is 32.2. The fourth-order valence-electron chi connectivity index (χ4n) is 3.89. The molecule has 8 heteroatoms. The molecule has 2 amide bonds. The third-order valence-electron chi connectivity index (χ3n) is 5.90. The molecule has 0 saturated heterocycles. The van der Waals surface area contributed by atoms with Gasteiger partial charge in [-0.3, -0.25) is 13.9 Å². The van der Waals surface area contributed by atoms with Gasteiger partial charge in [-0.05, 0) is 37.3 Å². The Morgan fingerprint density at radius 2 is 1.63 bits per heavy atom. The van der Waals surface area contributed by atoms with E-state index in [4.69, 9.17) is 0 Å². The van der Waals surface area contributed by atoms with Crippen molar-refractivity contribution in [2.24, 2.45) is 0 Å². The molecule has 0 unspecified atom stereocenters. The van der Waals surface area contributed by atoms with Crippen LogP contribution in [0.2, 0.25) is 0 Å². The van der Waals surface area contributed by atoms with Crippen molar-refractivity contribution in [1.82, 2.24) is 10.2 Å². The standard InChI is InChI=1S/C27H33N3O4S/c1-5-17-28-27(32)21(3)29(18-22-15-13-20(2)14-16-22)26(31)19-30(35(4,33)34)25-12-8-10-23-9-6-7-11-24(23)25/h6-16,21H,5,17-19H2,1-4H3,(H,28,32)/t21-/m0/s1. The maximum atomic E-state index is 13.6. The highest BCUT2D eigenvalue weighted by molar-refractivity contribution is 7.92. The first-order valence-corrected chi connectivity index (χ1v) is 13.5. The van der Waals surface area contributed by atoms with E-state index in [0.717, 1.165) is 38.9 Å². The summed E-state index contributed by atoms with van der Waals surface area (Å²) >= 11 is 0. The Kier molecular flexibility index (Phi) is 8.51. The lowest BCUT2D eigenvalue weighted by molar-refractivity contribution is -0.139. The van der Waals surface area contributed by atoms with Gasteiger partial charge in [0.1, 0.15) is 12.6 Å². The van der Waals surface area contributed by atoms with Crippen molar-refractivity contribution in [3.05, 3.63) is 77.9 Å². The molecule has 0 aliphatic carbocycles. The first-order chi connectivity index (χ1) is 16.6. The van der Waals surface area contributed by atoms with E-state index in [1.54, 1.807) is 19.1 Å². The predicted octanol–water partition coefficient (Wildman–Crippen LogP) is 3.86. The van der Waals surface area contributed by atoms with Crippen LogP contribution in [0.5, 0.6) is 0 Å². The second kappa shape index (κ2) is 11.4. The fourth-order valence-corrected chi connectivity index (χ4v) is 4.75. The van der Waals surface area contributed by atoms with Crippen molar-refractivity contribution in [2.45, 2.75) is 39.8 Å². The van der Waals surface area contributed by atoms with Crippen LogP contribution in [-0.2, 0) is 26.2 Å². The molecule has 3 rings (SSSR count). The van der Waals surface area contributed by atoms with E-state index in [1.165, 1.54) is 4.90 Å². The van der Waals surface area contributed by atoms with Crippen LogP contribution in [-0.4, -0.2) is 50.5 Å². The Bertz CT molecular complexity index is 1280. The summed E-state index contributed by atoms with van der Waals surface area (Å²) in [6, 6.07) is 19.7. The number of amides is 2. The number of hydrogen-bond acceptors (Lipinski definition) is 4. The molecule has 3 aromatic rings. The van der Waals surface area contributed by atoms with Crippen LogP contribution >= 0.6 is 0 Å². The molecule has 0 spiro atoms. The zero-order valence-electron chi connectivity index (χ0n) is 20.7. The molecule has 0 fully saturated rings. The van der Waals surface area contributed by atoms with Gasteiger partial charge in [0.15, 0.2) is 0 Å². The van der Waals surface area contributed by atoms with Gasteiger partial charge in [0, 0.05) is 18.5 Å². The van der Waals surface area contributed by atoms with E-state index in [9.17, 15) is 18.0 Å². The molecule has 0 bridgehead atoms. The number of benzene rings is 3. The van der Waals surface area contributed by atoms with Crippen molar-refractivity contribution in [3.63, 3.8) is 0 Å². The van der Waals surface area contributed by atoms with E-state index in [2.05, 4.69) is 5.32 Å². The maximum Gasteiger partial charge on any atom is 0.244 e. The zero-order chi connectivity index (χ0) is 25.6. The zero-order valence-corrected chi connectivity index (χ0v) is 21.5. The lowest BCUT2D eigenvalue weighted by Gasteiger charge is -2.31. The monoisotopic (exact) mass is 495 g/mol. The van der Waals surface area contributed by atoms with Crippen LogP contribution in [0, 0.1) is 6.92 Å². The summed E-state index contributed by atoms with van der Waals surface area (Å²) < 4.78 is 26.8. The SMILES string of the molecule is CCCNC(=O)[C@H](C)N(Cc1ccc(C)cc1)C(=O)CN(c1cccc2ccccc12)S(C)(=O)=O. The number of hydrogen-bond donors (Lipinski definition) is 1. The van der Waals surface area contributed by atoms with Gasteiger partial charge in [-0.1, -0.05) is 73.2 Å². The normalized spacial score (nSPS) is 12.2. The number of fused-ring (bicyclic) bond motifs is 1. The molecular weight excluding hydrogens is 462 g/mol. The highest BCUT2D eigenvalue weighted by Crippen LogP contribution is 2.28. The van der Waals surface area contributed by atoms with Gasteiger partial charge in [0.05, 0.1) is 11.9 Å². The number of anilines is 1. The summed E-state index contributed by atoms with van der Waals surface area (Å²) in [6.07, 6.45) is 1.86.